The lowest BCUT2D eigenvalue weighted by atomic mass is 10.1. The van der Waals surface area contributed by atoms with E-state index in [0.29, 0.717) is 16.4 Å². The predicted octanol–water partition coefficient (Wildman–Crippen LogP) is 2.69. The second-order valence-electron chi connectivity index (χ2n) is 3.91. The van der Waals surface area contributed by atoms with E-state index in [4.69, 9.17) is 5.73 Å². The van der Waals surface area contributed by atoms with Crippen molar-refractivity contribution in [1.29, 1.82) is 0 Å². The molecule has 1 aromatic heterocycles. The molecule has 2 heterocycles. The van der Waals surface area contributed by atoms with Gasteiger partial charge in [-0.1, -0.05) is 30.3 Å². The molecule has 0 saturated heterocycles. The molecule has 1 aliphatic rings. The molecule has 1 aliphatic heterocycles. The van der Waals surface area contributed by atoms with Crippen LogP contribution >= 0.6 is 11.3 Å². The smallest absolute Gasteiger partial charge is 0.197 e. The minimum absolute atomic E-state index is 0.0340. The number of allylic oxidation sites excluding steroid dienone is 1. The molecule has 18 heavy (non-hydrogen) atoms. The zero-order valence-corrected chi connectivity index (χ0v) is 10.3. The highest BCUT2D eigenvalue weighted by molar-refractivity contribution is 7.12. The number of aliphatic imine (C=N–C) groups is 1. The first-order chi connectivity index (χ1) is 8.75. The Bertz CT molecular complexity index is 669. The van der Waals surface area contributed by atoms with Crippen molar-refractivity contribution in [1.82, 2.24) is 0 Å². The van der Waals surface area contributed by atoms with Gasteiger partial charge < -0.3 is 5.73 Å². The van der Waals surface area contributed by atoms with Crippen LogP contribution in [0.1, 0.15) is 20.8 Å². The Morgan fingerprint density at radius 3 is 2.67 bits per heavy atom. The van der Waals surface area contributed by atoms with Crippen molar-refractivity contribution in [3.05, 3.63) is 63.9 Å². The number of carbonyl (C=O) groups excluding carboxylic acids is 1. The molecule has 2 N–H and O–H groups in total. The number of thiophene rings is 1. The van der Waals surface area contributed by atoms with Gasteiger partial charge in [-0.25, -0.2) is 4.99 Å². The molecule has 1 aromatic carbocycles. The van der Waals surface area contributed by atoms with Crippen LogP contribution in [0.2, 0.25) is 0 Å². The zero-order valence-electron chi connectivity index (χ0n) is 9.46. The molecule has 0 unspecified atom stereocenters. The van der Waals surface area contributed by atoms with Crippen LogP contribution in [0.15, 0.2) is 52.8 Å². The van der Waals surface area contributed by atoms with Crippen LogP contribution in [0.5, 0.6) is 0 Å². The summed E-state index contributed by atoms with van der Waals surface area (Å²) in [6.45, 7) is 0. The van der Waals surface area contributed by atoms with Gasteiger partial charge in [-0.2, -0.15) is 0 Å². The summed E-state index contributed by atoms with van der Waals surface area (Å²) in [5.41, 5.74) is 8.28. The van der Waals surface area contributed by atoms with E-state index in [9.17, 15) is 4.79 Å². The average Bonchev–Trinajstić information content (AvgIpc) is 3.00. The summed E-state index contributed by atoms with van der Waals surface area (Å²) in [5.74, 6) is 0.434. The monoisotopic (exact) mass is 254 g/mol. The molecule has 0 fully saturated rings. The molecule has 0 saturated carbocycles. The quantitative estimate of drug-likeness (QED) is 0.661. The molecule has 0 amide bonds. The molecule has 3 nitrogen and oxygen atoms in total. The molecule has 2 aromatic rings. The van der Waals surface area contributed by atoms with Crippen molar-refractivity contribution in [2.75, 3.05) is 0 Å². The summed E-state index contributed by atoms with van der Waals surface area (Å²) < 4.78 is 0. The van der Waals surface area contributed by atoms with Crippen LogP contribution in [-0.2, 0) is 0 Å². The SMILES string of the molecule is NC1=N/C(=C\C(=O)c2cccs2)c2ccccc21. The first kappa shape index (κ1) is 10.9. The number of hydrogen-bond acceptors (Lipinski definition) is 4. The van der Waals surface area contributed by atoms with E-state index < -0.39 is 0 Å². The average molecular weight is 254 g/mol. The van der Waals surface area contributed by atoms with Crippen LogP contribution in [-0.4, -0.2) is 11.6 Å². The van der Waals surface area contributed by atoms with Gasteiger partial charge in [-0.3, -0.25) is 4.79 Å². The lowest BCUT2D eigenvalue weighted by Crippen LogP contribution is -2.09. The lowest BCUT2D eigenvalue weighted by molar-refractivity contribution is 0.105. The number of carbonyl (C=O) groups is 1. The van der Waals surface area contributed by atoms with Crippen LogP contribution in [0.3, 0.4) is 0 Å². The topological polar surface area (TPSA) is 55.4 Å². The highest BCUT2D eigenvalue weighted by atomic mass is 32.1. The van der Waals surface area contributed by atoms with Gasteiger partial charge in [0.05, 0.1) is 10.6 Å². The van der Waals surface area contributed by atoms with Crippen LogP contribution in [0.4, 0.5) is 0 Å². The molecule has 0 radical (unpaired) electrons. The van der Waals surface area contributed by atoms with Gasteiger partial charge in [0, 0.05) is 17.2 Å². The van der Waals surface area contributed by atoms with Gasteiger partial charge >= 0.3 is 0 Å². The summed E-state index contributed by atoms with van der Waals surface area (Å²) >= 11 is 1.42. The number of nitrogens with two attached hydrogens (primary N) is 1. The van der Waals surface area contributed by atoms with Gasteiger partial charge in [-0.15, -0.1) is 11.3 Å². The minimum atomic E-state index is -0.0340. The highest BCUT2D eigenvalue weighted by Crippen LogP contribution is 2.27. The molecular formula is C14H10N2OS. The fourth-order valence-corrected chi connectivity index (χ4v) is 2.54. The Labute approximate surface area is 108 Å². The number of nitrogens with zero attached hydrogens (tertiary/aromatic N) is 1. The summed E-state index contributed by atoms with van der Waals surface area (Å²) in [4.78, 5) is 17.0. The van der Waals surface area contributed by atoms with E-state index in [1.165, 1.54) is 11.3 Å². The van der Waals surface area contributed by atoms with Gasteiger partial charge in [0.15, 0.2) is 5.78 Å². The standard InChI is InChI=1S/C14H10N2OS/c15-14-10-5-2-1-4-9(10)11(16-14)8-12(17)13-6-3-7-18-13/h1-8H,(H2,15,16)/b11-8-. The van der Waals surface area contributed by atoms with Gasteiger partial charge in [0.1, 0.15) is 5.84 Å². The maximum absolute atomic E-state index is 12.0. The van der Waals surface area contributed by atoms with Crippen molar-refractivity contribution in [2.45, 2.75) is 0 Å². The third-order valence-corrected chi connectivity index (χ3v) is 3.64. The lowest BCUT2D eigenvalue weighted by Gasteiger charge is -1.98. The Kier molecular flexibility index (Phi) is 2.57. The molecule has 0 atom stereocenters. The molecule has 3 rings (SSSR count). The molecule has 0 bridgehead atoms. The van der Waals surface area contributed by atoms with E-state index in [0.717, 1.165) is 11.1 Å². The van der Waals surface area contributed by atoms with Crippen molar-refractivity contribution < 1.29 is 4.79 Å². The van der Waals surface area contributed by atoms with Crippen LogP contribution < -0.4 is 5.73 Å². The second-order valence-corrected chi connectivity index (χ2v) is 4.86. The van der Waals surface area contributed by atoms with E-state index in [2.05, 4.69) is 4.99 Å². The first-order valence-corrected chi connectivity index (χ1v) is 6.37. The Morgan fingerprint density at radius 1 is 1.17 bits per heavy atom. The van der Waals surface area contributed by atoms with Crippen LogP contribution in [0.25, 0.3) is 5.70 Å². The summed E-state index contributed by atoms with van der Waals surface area (Å²) in [6.07, 6.45) is 1.55. The number of ketones is 1. The molecule has 4 heteroatoms. The number of amidine groups is 1. The van der Waals surface area contributed by atoms with Crippen molar-refractivity contribution in [2.24, 2.45) is 10.7 Å². The largest absolute Gasteiger partial charge is 0.383 e. The number of rotatable bonds is 2. The van der Waals surface area contributed by atoms with Crippen LogP contribution in [0, 0.1) is 0 Å². The Morgan fingerprint density at radius 2 is 1.94 bits per heavy atom. The Hall–Kier alpha value is -2.20. The third kappa shape index (κ3) is 1.76. The normalized spacial score (nSPS) is 15.6. The summed E-state index contributed by atoms with van der Waals surface area (Å²) in [5, 5.41) is 1.88. The minimum Gasteiger partial charge on any atom is -0.383 e. The fraction of sp³-hybridized carbons (Fsp3) is 0. The third-order valence-electron chi connectivity index (χ3n) is 2.75. The van der Waals surface area contributed by atoms with E-state index in [-0.39, 0.29) is 5.78 Å². The highest BCUT2D eigenvalue weighted by Gasteiger charge is 2.18. The van der Waals surface area contributed by atoms with Gasteiger partial charge in [0.25, 0.3) is 0 Å². The summed E-state index contributed by atoms with van der Waals surface area (Å²) in [7, 11) is 0. The molecule has 88 valence electrons. The molecule has 0 aliphatic carbocycles. The van der Waals surface area contributed by atoms with E-state index >= 15 is 0 Å². The first-order valence-electron chi connectivity index (χ1n) is 5.49. The zero-order chi connectivity index (χ0) is 12.5. The Balaban J connectivity index is 2.02. The van der Waals surface area contributed by atoms with Gasteiger partial charge in [-0.05, 0) is 11.4 Å². The molecule has 0 spiro atoms. The maximum atomic E-state index is 12.0. The molecular weight excluding hydrogens is 244 g/mol. The van der Waals surface area contributed by atoms with Crippen molar-refractivity contribution >= 4 is 28.7 Å². The van der Waals surface area contributed by atoms with Gasteiger partial charge in [0.2, 0.25) is 0 Å². The van der Waals surface area contributed by atoms with Crippen molar-refractivity contribution in [3.63, 3.8) is 0 Å². The van der Waals surface area contributed by atoms with E-state index in [1.54, 1.807) is 12.1 Å². The predicted molar refractivity (Wildman–Crippen MR) is 73.8 cm³/mol. The number of fused-ring (bicyclic) bond motifs is 1. The van der Waals surface area contributed by atoms with Crippen molar-refractivity contribution in [3.8, 4) is 0 Å². The fourth-order valence-electron chi connectivity index (χ4n) is 1.90. The van der Waals surface area contributed by atoms with E-state index in [1.807, 2.05) is 35.7 Å². The maximum Gasteiger partial charge on any atom is 0.197 e. The second kappa shape index (κ2) is 4.23. The number of benzene rings is 1. The summed E-state index contributed by atoms with van der Waals surface area (Å²) in [6, 6.07) is 11.3. The number of hydrogen-bond donors (Lipinski definition) is 1.